The predicted molar refractivity (Wildman–Crippen MR) is 46.5 cm³/mol. The van der Waals surface area contributed by atoms with Crippen LogP contribution < -0.4 is 16.8 Å². The number of aliphatic carboxylic acids is 1. The Balaban J connectivity index is 3.88. The van der Waals surface area contributed by atoms with Gasteiger partial charge in [0.15, 0.2) is 5.66 Å². The number of carbonyl (C=O) groups is 1. The smallest absolute Gasteiger partial charge is 0.338 e. The third-order valence-electron chi connectivity index (χ3n) is 1.76. The van der Waals surface area contributed by atoms with Gasteiger partial charge in [-0.25, -0.2) is 4.79 Å². The molecule has 0 rings (SSSR count). The number of carboxylic acids is 1. The topological polar surface area (TPSA) is 101 Å². The average Bonchev–Trinajstić information content (AvgIpc) is 2.04. The number of rotatable bonds is 6. The summed E-state index contributed by atoms with van der Waals surface area (Å²) in [6, 6.07) is 0. The van der Waals surface area contributed by atoms with Crippen LogP contribution in [-0.4, -0.2) is 29.8 Å². The van der Waals surface area contributed by atoms with Crippen LogP contribution in [0, 0.1) is 0 Å². The van der Waals surface area contributed by atoms with E-state index < -0.39 is 11.6 Å². The molecule has 0 aromatic heterocycles. The van der Waals surface area contributed by atoms with Crippen molar-refractivity contribution in [2.75, 3.05) is 13.1 Å². The Morgan fingerprint density at radius 2 is 2.25 bits per heavy atom. The van der Waals surface area contributed by atoms with Crippen molar-refractivity contribution in [3.8, 4) is 0 Å². The lowest BCUT2D eigenvalue weighted by molar-refractivity contribution is -0.144. The SMILES string of the molecule is CC[C@](N)(NCCCN)C(=O)O. The zero-order valence-electron chi connectivity index (χ0n) is 7.34. The van der Waals surface area contributed by atoms with Gasteiger partial charge in [-0.3, -0.25) is 5.32 Å². The summed E-state index contributed by atoms with van der Waals surface area (Å²) >= 11 is 0. The molecule has 0 heterocycles. The molecular weight excluding hydrogens is 158 g/mol. The Morgan fingerprint density at radius 1 is 1.67 bits per heavy atom. The van der Waals surface area contributed by atoms with Gasteiger partial charge >= 0.3 is 5.97 Å². The molecule has 0 saturated heterocycles. The monoisotopic (exact) mass is 175 g/mol. The van der Waals surface area contributed by atoms with E-state index in [1.165, 1.54) is 0 Å². The van der Waals surface area contributed by atoms with E-state index in [2.05, 4.69) is 5.32 Å². The first-order valence-corrected chi connectivity index (χ1v) is 4.04. The first-order valence-electron chi connectivity index (χ1n) is 4.04. The van der Waals surface area contributed by atoms with Crippen LogP contribution in [0.1, 0.15) is 19.8 Å². The number of hydrogen-bond acceptors (Lipinski definition) is 4. The highest BCUT2D eigenvalue weighted by Crippen LogP contribution is 2.01. The van der Waals surface area contributed by atoms with E-state index in [1.807, 2.05) is 0 Å². The molecule has 0 aliphatic rings. The van der Waals surface area contributed by atoms with Gasteiger partial charge in [0, 0.05) is 0 Å². The molecule has 1 atom stereocenters. The van der Waals surface area contributed by atoms with E-state index in [0.29, 0.717) is 19.5 Å². The van der Waals surface area contributed by atoms with Crippen molar-refractivity contribution in [3.05, 3.63) is 0 Å². The molecule has 0 aliphatic carbocycles. The zero-order valence-corrected chi connectivity index (χ0v) is 7.34. The maximum absolute atomic E-state index is 10.6. The molecule has 0 radical (unpaired) electrons. The zero-order chi connectivity index (χ0) is 9.61. The van der Waals surface area contributed by atoms with Gasteiger partial charge in [0.1, 0.15) is 0 Å². The first kappa shape index (κ1) is 11.4. The van der Waals surface area contributed by atoms with Crippen LogP contribution in [0.2, 0.25) is 0 Å². The molecule has 0 unspecified atom stereocenters. The molecule has 12 heavy (non-hydrogen) atoms. The van der Waals surface area contributed by atoms with Crippen LogP contribution in [0.5, 0.6) is 0 Å². The molecule has 5 nitrogen and oxygen atoms in total. The molecule has 0 spiro atoms. The molecule has 0 aliphatic heterocycles. The predicted octanol–water partition coefficient (Wildman–Crippen LogP) is -0.926. The molecule has 0 bridgehead atoms. The van der Waals surface area contributed by atoms with Gasteiger partial charge in [0.05, 0.1) is 0 Å². The van der Waals surface area contributed by atoms with Crippen LogP contribution >= 0.6 is 0 Å². The highest BCUT2D eigenvalue weighted by Gasteiger charge is 2.30. The lowest BCUT2D eigenvalue weighted by Crippen LogP contribution is -2.59. The third-order valence-corrected chi connectivity index (χ3v) is 1.76. The lowest BCUT2D eigenvalue weighted by Gasteiger charge is -2.24. The number of carboxylic acid groups (broad SMARTS) is 1. The van der Waals surface area contributed by atoms with Gasteiger partial charge in [0.25, 0.3) is 0 Å². The Bertz CT molecular complexity index is 152. The van der Waals surface area contributed by atoms with Crippen LogP contribution in [0.3, 0.4) is 0 Å². The Labute approximate surface area is 72.1 Å². The van der Waals surface area contributed by atoms with Gasteiger partial charge in [0.2, 0.25) is 0 Å². The maximum atomic E-state index is 10.6. The van der Waals surface area contributed by atoms with Crippen molar-refractivity contribution >= 4 is 5.97 Å². The van der Waals surface area contributed by atoms with Gasteiger partial charge in [-0.15, -0.1) is 0 Å². The Kier molecular flexibility index (Phi) is 4.80. The van der Waals surface area contributed by atoms with Crippen molar-refractivity contribution < 1.29 is 9.90 Å². The number of hydrogen-bond donors (Lipinski definition) is 4. The minimum absolute atomic E-state index is 0.354. The van der Waals surface area contributed by atoms with Crippen molar-refractivity contribution in [2.45, 2.75) is 25.4 Å². The van der Waals surface area contributed by atoms with Crippen molar-refractivity contribution in [1.29, 1.82) is 0 Å². The average molecular weight is 175 g/mol. The second-order valence-electron chi connectivity index (χ2n) is 2.70. The highest BCUT2D eigenvalue weighted by molar-refractivity contribution is 5.77. The van der Waals surface area contributed by atoms with E-state index in [0.717, 1.165) is 6.42 Å². The maximum Gasteiger partial charge on any atom is 0.338 e. The minimum Gasteiger partial charge on any atom is -0.479 e. The van der Waals surface area contributed by atoms with E-state index in [4.69, 9.17) is 16.6 Å². The van der Waals surface area contributed by atoms with Crippen molar-refractivity contribution in [1.82, 2.24) is 5.32 Å². The van der Waals surface area contributed by atoms with Gasteiger partial charge in [-0.05, 0) is 25.9 Å². The summed E-state index contributed by atoms with van der Waals surface area (Å²) in [4.78, 5) is 10.6. The van der Waals surface area contributed by atoms with Crippen LogP contribution in [0.25, 0.3) is 0 Å². The summed E-state index contributed by atoms with van der Waals surface area (Å²) < 4.78 is 0. The van der Waals surface area contributed by atoms with Crippen LogP contribution in [-0.2, 0) is 4.79 Å². The molecule has 0 fully saturated rings. The van der Waals surface area contributed by atoms with Crippen molar-refractivity contribution in [3.63, 3.8) is 0 Å². The number of nitrogens with one attached hydrogen (secondary N) is 1. The van der Waals surface area contributed by atoms with Gasteiger partial charge < -0.3 is 16.6 Å². The standard InChI is InChI=1S/C7H17N3O2/c1-2-7(9,6(11)12)10-5-3-4-8/h10H,2-5,8-9H2,1H3,(H,11,12)/t7-/m0/s1. The Hall–Kier alpha value is -0.650. The summed E-state index contributed by atoms with van der Waals surface area (Å²) in [7, 11) is 0. The molecule has 5 heteroatoms. The largest absolute Gasteiger partial charge is 0.479 e. The summed E-state index contributed by atoms with van der Waals surface area (Å²) in [5, 5.41) is 11.5. The van der Waals surface area contributed by atoms with E-state index >= 15 is 0 Å². The fourth-order valence-corrected chi connectivity index (χ4v) is 0.765. The molecule has 0 saturated carbocycles. The summed E-state index contributed by atoms with van der Waals surface area (Å²) in [5.41, 5.74) is 9.48. The van der Waals surface area contributed by atoms with E-state index in [9.17, 15) is 4.79 Å². The van der Waals surface area contributed by atoms with Crippen LogP contribution in [0.4, 0.5) is 0 Å². The summed E-state index contributed by atoms with van der Waals surface area (Å²) in [6.07, 6.45) is 1.08. The molecular formula is C7H17N3O2. The second kappa shape index (κ2) is 5.08. The molecule has 6 N–H and O–H groups in total. The second-order valence-corrected chi connectivity index (χ2v) is 2.70. The van der Waals surface area contributed by atoms with Gasteiger partial charge in [-0.2, -0.15) is 0 Å². The first-order chi connectivity index (χ1) is 5.56. The van der Waals surface area contributed by atoms with Crippen molar-refractivity contribution in [2.24, 2.45) is 11.5 Å². The highest BCUT2D eigenvalue weighted by atomic mass is 16.4. The number of nitrogens with two attached hydrogens (primary N) is 2. The molecule has 0 aromatic rings. The summed E-state index contributed by atoms with van der Waals surface area (Å²) in [6.45, 7) is 2.79. The molecule has 0 aromatic carbocycles. The normalized spacial score (nSPS) is 15.6. The Morgan fingerprint density at radius 3 is 2.58 bits per heavy atom. The fraction of sp³-hybridized carbons (Fsp3) is 0.857. The summed E-state index contributed by atoms with van der Waals surface area (Å²) in [5.74, 6) is -1.03. The molecule has 72 valence electrons. The molecule has 0 amide bonds. The third kappa shape index (κ3) is 3.17. The lowest BCUT2D eigenvalue weighted by atomic mass is 10.1. The van der Waals surface area contributed by atoms with Crippen LogP contribution in [0.15, 0.2) is 0 Å². The van der Waals surface area contributed by atoms with Gasteiger partial charge in [-0.1, -0.05) is 6.92 Å². The van der Waals surface area contributed by atoms with E-state index in [1.54, 1.807) is 6.92 Å². The van der Waals surface area contributed by atoms with E-state index in [-0.39, 0.29) is 0 Å². The minimum atomic E-state index is -1.30. The fourth-order valence-electron chi connectivity index (χ4n) is 0.765. The quantitative estimate of drug-likeness (QED) is 0.309.